The van der Waals surface area contributed by atoms with Crippen LogP contribution in [0.3, 0.4) is 0 Å². The molecule has 2 nitrogen and oxygen atoms in total. The van der Waals surface area contributed by atoms with Crippen LogP contribution in [0.1, 0.15) is 103 Å². The fourth-order valence-corrected chi connectivity index (χ4v) is 5.76. The lowest BCUT2D eigenvalue weighted by atomic mass is 9.57. The predicted octanol–water partition coefficient (Wildman–Crippen LogP) is 6.59. The van der Waals surface area contributed by atoms with E-state index in [-0.39, 0.29) is 11.4 Å². The van der Waals surface area contributed by atoms with Crippen LogP contribution >= 0.6 is 0 Å². The van der Waals surface area contributed by atoms with E-state index >= 15 is 0 Å². The fourth-order valence-electron chi connectivity index (χ4n) is 5.76. The van der Waals surface area contributed by atoms with Crippen LogP contribution in [-0.4, -0.2) is 12.6 Å². The zero-order chi connectivity index (χ0) is 17.6. The molecule has 0 aromatic heterocycles. The summed E-state index contributed by atoms with van der Waals surface area (Å²) in [6.45, 7) is 2.99. The van der Waals surface area contributed by atoms with Crippen molar-refractivity contribution in [2.45, 2.75) is 103 Å². The molecule has 0 amide bonds. The number of ether oxygens (including phenoxy) is 1. The highest BCUT2D eigenvalue weighted by Crippen LogP contribution is 2.73. The maximum atomic E-state index is 12.1. The van der Waals surface area contributed by atoms with Crippen molar-refractivity contribution in [1.29, 1.82) is 0 Å². The van der Waals surface area contributed by atoms with Crippen molar-refractivity contribution in [2.24, 2.45) is 16.7 Å². The molecule has 0 N–H and O–H groups in total. The Labute approximate surface area is 154 Å². The van der Waals surface area contributed by atoms with Crippen LogP contribution in [0, 0.1) is 16.7 Å². The monoisotopic (exact) mass is 346 g/mol. The molecule has 142 valence electrons. The van der Waals surface area contributed by atoms with E-state index in [0.717, 1.165) is 12.8 Å². The van der Waals surface area contributed by atoms with Gasteiger partial charge >= 0.3 is 5.97 Å². The zero-order valence-electron chi connectivity index (χ0n) is 16.4. The summed E-state index contributed by atoms with van der Waals surface area (Å²) >= 11 is 0. The number of rotatable bonds is 13. The number of cyclic esters (lactones) is 1. The summed E-state index contributed by atoms with van der Waals surface area (Å²) in [6, 6.07) is 0. The largest absolute Gasteiger partial charge is 0.465 e. The van der Waals surface area contributed by atoms with Crippen LogP contribution in [0.25, 0.3) is 0 Å². The quantitative estimate of drug-likeness (QED) is 0.214. The second-order valence-corrected chi connectivity index (χ2v) is 9.15. The Morgan fingerprint density at radius 2 is 1.60 bits per heavy atom. The van der Waals surface area contributed by atoms with Crippen LogP contribution in [0.5, 0.6) is 0 Å². The number of hydrogen-bond acceptors (Lipinski definition) is 2. The first-order valence-electron chi connectivity index (χ1n) is 11.0. The van der Waals surface area contributed by atoms with Gasteiger partial charge in [-0.25, -0.2) is 0 Å². The molecule has 2 bridgehead atoms. The van der Waals surface area contributed by atoms with E-state index in [1.54, 1.807) is 0 Å². The van der Waals surface area contributed by atoms with Crippen LogP contribution in [0.15, 0.2) is 12.2 Å². The topological polar surface area (TPSA) is 26.3 Å². The Morgan fingerprint density at radius 1 is 0.960 bits per heavy atom. The molecule has 0 aromatic rings. The maximum absolute atomic E-state index is 12.1. The fraction of sp³-hybridized carbons (Fsp3) is 0.870. The molecule has 0 aromatic carbocycles. The number of fused-ring (bicyclic) bond motifs is 1. The summed E-state index contributed by atoms with van der Waals surface area (Å²) in [6.07, 6.45) is 24.3. The average molecular weight is 347 g/mol. The number of unbranched alkanes of at least 4 members (excludes halogenated alkanes) is 9. The second-order valence-electron chi connectivity index (χ2n) is 9.15. The Hall–Kier alpha value is -0.790. The van der Waals surface area contributed by atoms with Gasteiger partial charge in [-0.15, -0.1) is 0 Å². The first kappa shape index (κ1) is 19.0. The molecular formula is C23H38O2. The average Bonchev–Trinajstić information content (AvgIpc) is 3.02. The number of carbonyl (C=O) groups is 1. The van der Waals surface area contributed by atoms with E-state index in [9.17, 15) is 4.79 Å². The molecule has 3 aliphatic carbocycles. The number of hydrogen-bond donors (Lipinski definition) is 0. The highest BCUT2D eigenvalue weighted by atomic mass is 16.5. The van der Waals surface area contributed by atoms with E-state index in [1.165, 1.54) is 83.5 Å². The Morgan fingerprint density at radius 3 is 2.32 bits per heavy atom. The summed E-state index contributed by atoms with van der Waals surface area (Å²) in [4.78, 5) is 12.1. The van der Waals surface area contributed by atoms with Crippen molar-refractivity contribution in [1.82, 2.24) is 0 Å². The summed E-state index contributed by atoms with van der Waals surface area (Å²) in [7, 11) is 0. The van der Waals surface area contributed by atoms with Gasteiger partial charge in [0.2, 0.25) is 0 Å². The van der Waals surface area contributed by atoms with Gasteiger partial charge < -0.3 is 4.74 Å². The molecule has 25 heavy (non-hydrogen) atoms. The summed E-state index contributed by atoms with van der Waals surface area (Å²) in [5.74, 6) is 0.764. The lowest BCUT2D eigenvalue weighted by Gasteiger charge is -2.51. The van der Waals surface area contributed by atoms with Crippen molar-refractivity contribution >= 4 is 5.97 Å². The molecule has 1 unspecified atom stereocenters. The van der Waals surface area contributed by atoms with Gasteiger partial charge in [-0.1, -0.05) is 64.0 Å². The summed E-state index contributed by atoms with van der Waals surface area (Å²) < 4.78 is 5.41. The standard InChI is InChI=1S/C23H38O2/c1-2-3-4-5-6-7-8-9-10-11-12-13-14-15-20-16-22-17-23(20,18-22)21(24)25-19-22/h9-10,20H,2-8,11-19H2,1H3. The minimum absolute atomic E-state index is 0.0325. The summed E-state index contributed by atoms with van der Waals surface area (Å²) in [5.41, 5.74) is 0.382. The van der Waals surface area contributed by atoms with E-state index in [2.05, 4.69) is 19.1 Å². The van der Waals surface area contributed by atoms with E-state index in [4.69, 9.17) is 4.74 Å². The van der Waals surface area contributed by atoms with Crippen molar-refractivity contribution < 1.29 is 9.53 Å². The SMILES string of the molecule is CCCCCCCCC=CCCCCCC1CC23COC(=O)C1(C2)C3. The van der Waals surface area contributed by atoms with Gasteiger partial charge in [0.05, 0.1) is 12.0 Å². The molecule has 4 aliphatic rings. The van der Waals surface area contributed by atoms with Crippen molar-refractivity contribution in [3.63, 3.8) is 0 Å². The molecule has 4 rings (SSSR count). The molecule has 2 heteroatoms. The normalized spacial score (nSPS) is 32.8. The highest BCUT2D eigenvalue weighted by molar-refractivity contribution is 5.81. The first-order valence-corrected chi connectivity index (χ1v) is 11.0. The minimum atomic E-state index is -0.0325. The highest BCUT2D eigenvalue weighted by Gasteiger charge is 2.73. The Kier molecular flexibility index (Phi) is 6.63. The molecule has 4 fully saturated rings. The molecule has 1 atom stereocenters. The van der Waals surface area contributed by atoms with Gasteiger partial charge in [-0.05, 0) is 57.3 Å². The van der Waals surface area contributed by atoms with Gasteiger partial charge in [0.1, 0.15) is 0 Å². The van der Waals surface area contributed by atoms with Gasteiger partial charge in [0.15, 0.2) is 0 Å². The second kappa shape index (κ2) is 8.73. The van der Waals surface area contributed by atoms with E-state index in [1.807, 2.05) is 0 Å². The Bertz CT molecular complexity index is 459. The third-order valence-electron chi connectivity index (χ3n) is 7.07. The summed E-state index contributed by atoms with van der Waals surface area (Å²) in [5, 5.41) is 0. The molecule has 3 saturated carbocycles. The van der Waals surface area contributed by atoms with Crippen LogP contribution < -0.4 is 0 Å². The number of carbonyl (C=O) groups excluding carboxylic acids is 1. The van der Waals surface area contributed by atoms with Crippen molar-refractivity contribution in [2.75, 3.05) is 6.61 Å². The molecule has 0 radical (unpaired) electrons. The van der Waals surface area contributed by atoms with E-state index < -0.39 is 0 Å². The van der Waals surface area contributed by atoms with E-state index in [0.29, 0.717) is 17.9 Å². The molecule has 0 spiro atoms. The van der Waals surface area contributed by atoms with Crippen molar-refractivity contribution in [3.05, 3.63) is 12.2 Å². The molecule has 1 saturated heterocycles. The van der Waals surface area contributed by atoms with Gasteiger partial charge in [-0.2, -0.15) is 0 Å². The van der Waals surface area contributed by atoms with Crippen LogP contribution in [0.4, 0.5) is 0 Å². The maximum Gasteiger partial charge on any atom is 0.312 e. The van der Waals surface area contributed by atoms with Gasteiger partial charge in [-0.3, -0.25) is 4.79 Å². The lowest BCUT2D eigenvalue weighted by Crippen LogP contribution is -2.53. The third kappa shape index (κ3) is 4.31. The van der Waals surface area contributed by atoms with Gasteiger partial charge in [0.25, 0.3) is 0 Å². The van der Waals surface area contributed by atoms with Crippen molar-refractivity contribution in [3.8, 4) is 0 Å². The zero-order valence-corrected chi connectivity index (χ0v) is 16.4. The first-order chi connectivity index (χ1) is 12.2. The van der Waals surface area contributed by atoms with Crippen LogP contribution in [-0.2, 0) is 9.53 Å². The lowest BCUT2D eigenvalue weighted by molar-refractivity contribution is -0.191. The molecule has 1 heterocycles. The minimum Gasteiger partial charge on any atom is -0.465 e. The smallest absolute Gasteiger partial charge is 0.312 e. The molecule has 1 aliphatic heterocycles. The van der Waals surface area contributed by atoms with Crippen LogP contribution in [0.2, 0.25) is 0 Å². The number of esters is 1. The number of allylic oxidation sites excluding steroid dienone is 2. The Balaban J connectivity index is 1.17. The third-order valence-corrected chi connectivity index (χ3v) is 7.07. The predicted molar refractivity (Wildman–Crippen MR) is 103 cm³/mol. The molecular weight excluding hydrogens is 308 g/mol. The van der Waals surface area contributed by atoms with Gasteiger partial charge in [0, 0.05) is 5.41 Å².